The zero-order chi connectivity index (χ0) is 18.8. The minimum Gasteiger partial charge on any atom is -0.345 e. The van der Waals surface area contributed by atoms with E-state index in [9.17, 15) is 9.59 Å². The number of benzene rings is 1. The Bertz CT molecular complexity index is 848. The number of carbonyl (C=O) groups is 2. The molecule has 0 saturated carbocycles. The number of nitrogens with one attached hydrogen (secondary N) is 1. The number of likely N-dealkylation sites (tertiary alicyclic amines) is 1. The van der Waals surface area contributed by atoms with Crippen molar-refractivity contribution in [2.24, 2.45) is 0 Å². The van der Waals surface area contributed by atoms with Gasteiger partial charge in [0, 0.05) is 26.2 Å². The number of nitrogens with zero attached hydrogens (tertiary/aromatic N) is 3. The molecule has 27 heavy (non-hydrogen) atoms. The molecule has 0 atom stereocenters. The SMILES string of the molecule is Cc1ccc(CNC(=O)c2nc(C(=O)N3CCCC3)c3n2CCCC3)cc1. The van der Waals surface area contributed by atoms with E-state index in [1.807, 2.05) is 40.7 Å². The molecule has 6 heteroatoms. The summed E-state index contributed by atoms with van der Waals surface area (Å²) in [5.41, 5.74) is 3.65. The smallest absolute Gasteiger partial charge is 0.287 e. The van der Waals surface area contributed by atoms with Crippen molar-refractivity contribution in [3.05, 3.63) is 52.6 Å². The lowest BCUT2D eigenvalue weighted by Crippen LogP contribution is -2.29. The lowest BCUT2D eigenvalue weighted by Gasteiger charge is -2.18. The number of imidazole rings is 1. The van der Waals surface area contributed by atoms with Crippen LogP contribution in [-0.4, -0.2) is 39.4 Å². The zero-order valence-corrected chi connectivity index (χ0v) is 15.8. The first-order valence-electron chi connectivity index (χ1n) is 9.86. The third-order valence-electron chi connectivity index (χ3n) is 5.49. The van der Waals surface area contributed by atoms with Crippen molar-refractivity contribution >= 4 is 11.8 Å². The number of amides is 2. The quantitative estimate of drug-likeness (QED) is 0.905. The number of hydrogen-bond donors (Lipinski definition) is 1. The summed E-state index contributed by atoms with van der Waals surface area (Å²) in [6.07, 6.45) is 4.96. The first-order valence-corrected chi connectivity index (χ1v) is 9.86. The minimum atomic E-state index is -0.209. The van der Waals surface area contributed by atoms with Crippen LogP contribution < -0.4 is 5.32 Å². The van der Waals surface area contributed by atoms with Crippen molar-refractivity contribution in [2.45, 2.75) is 52.1 Å². The highest BCUT2D eigenvalue weighted by atomic mass is 16.2. The van der Waals surface area contributed by atoms with Gasteiger partial charge in [-0.15, -0.1) is 0 Å². The average molecular weight is 366 g/mol. The highest BCUT2D eigenvalue weighted by molar-refractivity contribution is 5.97. The number of carbonyl (C=O) groups excluding carboxylic acids is 2. The van der Waals surface area contributed by atoms with Gasteiger partial charge in [0.25, 0.3) is 11.8 Å². The molecule has 1 aromatic heterocycles. The van der Waals surface area contributed by atoms with Gasteiger partial charge < -0.3 is 14.8 Å². The Morgan fingerprint density at radius 3 is 2.48 bits per heavy atom. The van der Waals surface area contributed by atoms with Crippen molar-refractivity contribution in [2.75, 3.05) is 13.1 Å². The summed E-state index contributed by atoms with van der Waals surface area (Å²) >= 11 is 0. The van der Waals surface area contributed by atoms with E-state index < -0.39 is 0 Å². The van der Waals surface area contributed by atoms with E-state index in [0.29, 0.717) is 18.1 Å². The molecule has 2 amide bonds. The Kier molecular flexibility index (Phi) is 4.97. The topological polar surface area (TPSA) is 67.2 Å². The van der Waals surface area contributed by atoms with E-state index in [1.54, 1.807) is 0 Å². The second kappa shape index (κ2) is 7.55. The van der Waals surface area contributed by atoms with Crippen LogP contribution in [0.3, 0.4) is 0 Å². The van der Waals surface area contributed by atoms with Crippen LogP contribution in [0.25, 0.3) is 0 Å². The van der Waals surface area contributed by atoms with E-state index in [2.05, 4.69) is 10.3 Å². The van der Waals surface area contributed by atoms with E-state index in [-0.39, 0.29) is 11.8 Å². The Hall–Kier alpha value is -2.63. The summed E-state index contributed by atoms with van der Waals surface area (Å²) in [6.45, 7) is 4.83. The van der Waals surface area contributed by atoms with Crippen molar-refractivity contribution in [1.29, 1.82) is 0 Å². The molecule has 0 radical (unpaired) electrons. The molecule has 0 unspecified atom stereocenters. The highest BCUT2D eigenvalue weighted by Crippen LogP contribution is 2.23. The first kappa shape index (κ1) is 17.8. The third kappa shape index (κ3) is 3.61. The fourth-order valence-electron chi connectivity index (χ4n) is 3.92. The first-order chi connectivity index (χ1) is 13.1. The maximum Gasteiger partial charge on any atom is 0.287 e. The van der Waals surface area contributed by atoms with E-state index in [4.69, 9.17) is 0 Å². The normalized spacial score (nSPS) is 16.3. The number of hydrogen-bond acceptors (Lipinski definition) is 3. The van der Waals surface area contributed by atoms with Crippen LogP contribution in [0.5, 0.6) is 0 Å². The van der Waals surface area contributed by atoms with Crippen LogP contribution in [0.4, 0.5) is 0 Å². The molecule has 0 bridgehead atoms. The van der Waals surface area contributed by atoms with Crippen LogP contribution in [0.2, 0.25) is 0 Å². The molecule has 4 rings (SSSR count). The van der Waals surface area contributed by atoms with Gasteiger partial charge in [-0.1, -0.05) is 29.8 Å². The molecule has 6 nitrogen and oxygen atoms in total. The second-order valence-corrected chi connectivity index (χ2v) is 7.51. The fourth-order valence-corrected chi connectivity index (χ4v) is 3.92. The molecule has 1 N–H and O–H groups in total. The molecule has 2 aliphatic rings. The molecular formula is C21H26N4O2. The Balaban J connectivity index is 1.55. The van der Waals surface area contributed by atoms with Crippen molar-refractivity contribution < 1.29 is 9.59 Å². The lowest BCUT2D eigenvalue weighted by molar-refractivity contribution is 0.0786. The highest BCUT2D eigenvalue weighted by Gasteiger charge is 2.30. The molecule has 2 aliphatic heterocycles. The molecule has 1 saturated heterocycles. The number of rotatable bonds is 4. The van der Waals surface area contributed by atoms with Gasteiger partial charge in [0.1, 0.15) is 5.69 Å². The molecule has 142 valence electrons. The van der Waals surface area contributed by atoms with Gasteiger partial charge in [-0.25, -0.2) is 4.98 Å². The predicted molar refractivity (Wildman–Crippen MR) is 103 cm³/mol. The molecule has 0 aliphatic carbocycles. The number of aryl methyl sites for hydroxylation is 1. The van der Waals surface area contributed by atoms with Gasteiger partial charge in [-0.2, -0.15) is 0 Å². The summed E-state index contributed by atoms with van der Waals surface area (Å²) in [6, 6.07) is 8.09. The molecule has 0 spiro atoms. The Labute approximate surface area is 159 Å². The van der Waals surface area contributed by atoms with Crippen LogP contribution in [0.1, 0.15) is 63.6 Å². The van der Waals surface area contributed by atoms with E-state index >= 15 is 0 Å². The number of fused-ring (bicyclic) bond motifs is 1. The van der Waals surface area contributed by atoms with Crippen molar-refractivity contribution in [1.82, 2.24) is 19.8 Å². The van der Waals surface area contributed by atoms with Gasteiger partial charge in [0.05, 0.1) is 5.69 Å². The molecular weight excluding hydrogens is 340 g/mol. The maximum absolute atomic E-state index is 12.9. The van der Waals surface area contributed by atoms with Gasteiger partial charge in [-0.05, 0) is 44.6 Å². The number of aromatic nitrogens is 2. The van der Waals surface area contributed by atoms with E-state index in [1.165, 1.54) is 5.56 Å². The molecule has 1 fully saturated rings. The third-order valence-corrected chi connectivity index (χ3v) is 5.49. The molecule has 3 heterocycles. The summed E-state index contributed by atoms with van der Waals surface area (Å²) in [5, 5.41) is 2.96. The largest absolute Gasteiger partial charge is 0.345 e. The van der Waals surface area contributed by atoms with Gasteiger partial charge in [0.15, 0.2) is 5.82 Å². The average Bonchev–Trinajstić information content (AvgIpc) is 3.35. The Morgan fingerprint density at radius 2 is 1.74 bits per heavy atom. The second-order valence-electron chi connectivity index (χ2n) is 7.51. The predicted octanol–water partition coefficient (Wildman–Crippen LogP) is 2.69. The van der Waals surface area contributed by atoms with Gasteiger partial charge in [-0.3, -0.25) is 9.59 Å². The van der Waals surface area contributed by atoms with Crippen molar-refractivity contribution in [3.63, 3.8) is 0 Å². The van der Waals surface area contributed by atoms with Crippen LogP contribution in [0.15, 0.2) is 24.3 Å². The lowest BCUT2D eigenvalue weighted by atomic mass is 10.1. The zero-order valence-electron chi connectivity index (χ0n) is 15.8. The monoisotopic (exact) mass is 366 g/mol. The summed E-state index contributed by atoms with van der Waals surface area (Å²) in [5.74, 6) is 0.147. The van der Waals surface area contributed by atoms with Crippen LogP contribution >= 0.6 is 0 Å². The van der Waals surface area contributed by atoms with Crippen LogP contribution in [0, 0.1) is 6.92 Å². The summed E-state index contributed by atoms with van der Waals surface area (Å²) < 4.78 is 1.96. The van der Waals surface area contributed by atoms with Crippen LogP contribution in [-0.2, 0) is 19.5 Å². The summed E-state index contributed by atoms with van der Waals surface area (Å²) in [4.78, 5) is 32.1. The fraction of sp³-hybridized carbons (Fsp3) is 0.476. The Morgan fingerprint density at radius 1 is 1.04 bits per heavy atom. The van der Waals surface area contributed by atoms with Gasteiger partial charge in [0.2, 0.25) is 0 Å². The summed E-state index contributed by atoms with van der Waals surface area (Å²) in [7, 11) is 0. The molecule has 2 aromatic rings. The minimum absolute atomic E-state index is 0.0178. The maximum atomic E-state index is 12.9. The standard InChI is InChI=1S/C21H26N4O2/c1-15-7-9-16(10-8-15)14-22-20(26)19-23-18(17-6-2-3-13-25(17)19)21(27)24-11-4-5-12-24/h7-10H,2-6,11-14H2,1H3,(H,22,26). The van der Waals surface area contributed by atoms with Gasteiger partial charge >= 0.3 is 0 Å². The van der Waals surface area contributed by atoms with Crippen molar-refractivity contribution in [3.8, 4) is 0 Å². The molecule has 1 aromatic carbocycles. The van der Waals surface area contributed by atoms with E-state index in [0.717, 1.165) is 63.0 Å².